The molecular formula is C13H14Br2N2O. The molecule has 0 aliphatic carbocycles. The Balaban J connectivity index is 2.00. The molecule has 0 atom stereocenters. The molecule has 96 valence electrons. The van der Waals surface area contributed by atoms with Crippen LogP contribution in [0, 0.1) is 0 Å². The standard InChI is InChI=1S/C13H14Br2N2O/c1-17-11(5-7-16-17)6-8-18-13-10(9-14)3-2-4-12(13)15/h2-5,7H,6,8-9H2,1H3. The van der Waals surface area contributed by atoms with Crippen molar-refractivity contribution in [2.45, 2.75) is 11.8 Å². The fourth-order valence-corrected chi connectivity index (χ4v) is 2.69. The molecule has 0 saturated carbocycles. The topological polar surface area (TPSA) is 27.1 Å². The third kappa shape index (κ3) is 3.14. The van der Waals surface area contributed by atoms with Gasteiger partial charge in [-0.25, -0.2) is 0 Å². The van der Waals surface area contributed by atoms with E-state index in [-0.39, 0.29) is 0 Å². The first-order valence-corrected chi connectivity index (χ1v) is 7.57. The summed E-state index contributed by atoms with van der Waals surface area (Å²) in [5.74, 6) is 0.913. The number of alkyl halides is 1. The lowest BCUT2D eigenvalue weighted by Gasteiger charge is -2.12. The molecular weight excluding hydrogens is 360 g/mol. The molecule has 0 bridgehead atoms. The molecule has 0 aliphatic heterocycles. The first-order chi connectivity index (χ1) is 8.72. The molecule has 5 heteroatoms. The van der Waals surface area contributed by atoms with E-state index in [1.165, 1.54) is 5.69 Å². The molecule has 0 fully saturated rings. The number of rotatable bonds is 5. The number of para-hydroxylation sites is 1. The van der Waals surface area contributed by atoms with Gasteiger partial charge in [0.05, 0.1) is 11.1 Å². The van der Waals surface area contributed by atoms with Crippen LogP contribution >= 0.6 is 31.9 Å². The van der Waals surface area contributed by atoms with Crippen LogP contribution in [0.1, 0.15) is 11.3 Å². The Morgan fingerprint density at radius 3 is 2.83 bits per heavy atom. The molecule has 1 heterocycles. The second-order valence-electron chi connectivity index (χ2n) is 3.91. The second kappa shape index (κ2) is 6.38. The fraction of sp³-hybridized carbons (Fsp3) is 0.308. The fourth-order valence-electron chi connectivity index (χ4n) is 1.72. The minimum Gasteiger partial charge on any atom is -0.492 e. The molecule has 18 heavy (non-hydrogen) atoms. The Morgan fingerprint density at radius 2 is 2.17 bits per heavy atom. The highest BCUT2D eigenvalue weighted by Gasteiger charge is 2.07. The Kier molecular flexibility index (Phi) is 4.83. The van der Waals surface area contributed by atoms with Gasteiger partial charge >= 0.3 is 0 Å². The number of benzene rings is 1. The molecule has 0 N–H and O–H groups in total. The molecule has 0 spiro atoms. The van der Waals surface area contributed by atoms with Crippen LogP contribution in [0.2, 0.25) is 0 Å². The van der Waals surface area contributed by atoms with Gasteiger partial charge < -0.3 is 4.74 Å². The minimum atomic E-state index is 0.641. The smallest absolute Gasteiger partial charge is 0.137 e. The maximum atomic E-state index is 5.87. The Hall–Kier alpha value is -0.810. The first-order valence-electron chi connectivity index (χ1n) is 5.65. The first kappa shape index (κ1) is 13.6. The summed E-state index contributed by atoms with van der Waals surface area (Å²) in [4.78, 5) is 0. The molecule has 1 aromatic carbocycles. The molecule has 0 aliphatic rings. The van der Waals surface area contributed by atoms with E-state index < -0.39 is 0 Å². The maximum absolute atomic E-state index is 5.87. The second-order valence-corrected chi connectivity index (χ2v) is 5.32. The lowest BCUT2D eigenvalue weighted by Crippen LogP contribution is -2.07. The summed E-state index contributed by atoms with van der Waals surface area (Å²) in [5, 5.41) is 4.92. The number of ether oxygens (including phenoxy) is 1. The van der Waals surface area contributed by atoms with Crippen molar-refractivity contribution in [1.82, 2.24) is 9.78 Å². The molecule has 2 rings (SSSR count). The normalized spacial score (nSPS) is 10.6. The minimum absolute atomic E-state index is 0.641. The van der Waals surface area contributed by atoms with Crippen LogP contribution in [-0.2, 0) is 18.8 Å². The van der Waals surface area contributed by atoms with E-state index in [1.54, 1.807) is 6.20 Å². The van der Waals surface area contributed by atoms with Crippen molar-refractivity contribution in [3.63, 3.8) is 0 Å². The summed E-state index contributed by atoms with van der Waals surface area (Å²) in [6, 6.07) is 8.06. The van der Waals surface area contributed by atoms with Crippen molar-refractivity contribution in [2.75, 3.05) is 6.61 Å². The van der Waals surface area contributed by atoms with Gasteiger partial charge in [-0.3, -0.25) is 4.68 Å². The van der Waals surface area contributed by atoms with Crippen LogP contribution in [0.3, 0.4) is 0 Å². The number of aromatic nitrogens is 2. The zero-order chi connectivity index (χ0) is 13.0. The van der Waals surface area contributed by atoms with Crippen molar-refractivity contribution in [2.24, 2.45) is 7.05 Å². The SMILES string of the molecule is Cn1nccc1CCOc1c(Br)cccc1CBr. The third-order valence-electron chi connectivity index (χ3n) is 2.72. The van der Waals surface area contributed by atoms with Crippen LogP contribution in [0.15, 0.2) is 34.9 Å². The van der Waals surface area contributed by atoms with Gasteiger partial charge in [0.25, 0.3) is 0 Å². The summed E-state index contributed by atoms with van der Waals surface area (Å²) >= 11 is 6.99. The van der Waals surface area contributed by atoms with Gasteiger partial charge in [0, 0.05) is 36.3 Å². The highest BCUT2D eigenvalue weighted by Crippen LogP contribution is 2.30. The van der Waals surface area contributed by atoms with Gasteiger partial charge in [-0.15, -0.1) is 0 Å². The zero-order valence-corrected chi connectivity index (χ0v) is 13.2. The number of halogens is 2. The summed E-state index contributed by atoms with van der Waals surface area (Å²) in [7, 11) is 1.94. The Bertz CT molecular complexity index is 525. The molecule has 0 saturated heterocycles. The molecule has 0 radical (unpaired) electrons. The quantitative estimate of drug-likeness (QED) is 0.747. The Morgan fingerprint density at radius 1 is 1.33 bits per heavy atom. The predicted octanol–water partition coefficient (Wildman–Crippen LogP) is 3.70. The van der Waals surface area contributed by atoms with Crippen molar-refractivity contribution in [1.29, 1.82) is 0 Å². The summed E-state index contributed by atoms with van der Waals surface area (Å²) < 4.78 is 8.73. The van der Waals surface area contributed by atoms with Gasteiger partial charge in [-0.05, 0) is 28.1 Å². The maximum Gasteiger partial charge on any atom is 0.137 e. The lowest BCUT2D eigenvalue weighted by atomic mass is 10.2. The third-order valence-corrected chi connectivity index (χ3v) is 3.95. The average Bonchev–Trinajstić information content (AvgIpc) is 2.77. The summed E-state index contributed by atoms with van der Waals surface area (Å²) in [6.45, 7) is 0.641. The van der Waals surface area contributed by atoms with E-state index in [0.29, 0.717) is 6.61 Å². The summed E-state index contributed by atoms with van der Waals surface area (Å²) in [6.07, 6.45) is 2.65. The largest absolute Gasteiger partial charge is 0.492 e. The number of nitrogens with zero attached hydrogens (tertiary/aromatic N) is 2. The van der Waals surface area contributed by atoms with Gasteiger partial charge in [-0.1, -0.05) is 28.1 Å². The summed E-state index contributed by atoms with van der Waals surface area (Å²) in [5.41, 5.74) is 2.32. The molecule has 3 nitrogen and oxygen atoms in total. The molecule has 2 aromatic rings. The van der Waals surface area contributed by atoms with Gasteiger partial charge in [-0.2, -0.15) is 5.10 Å². The van der Waals surface area contributed by atoms with Gasteiger partial charge in [0.1, 0.15) is 5.75 Å². The zero-order valence-electron chi connectivity index (χ0n) is 10.1. The highest BCUT2D eigenvalue weighted by atomic mass is 79.9. The van der Waals surface area contributed by atoms with E-state index in [1.807, 2.05) is 29.9 Å². The van der Waals surface area contributed by atoms with Crippen LogP contribution in [0.5, 0.6) is 5.75 Å². The van der Waals surface area contributed by atoms with Crippen molar-refractivity contribution < 1.29 is 4.74 Å². The number of aryl methyl sites for hydroxylation is 1. The van der Waals surface area contributed by atoms with Crippen molar-refractivity contribution in [3.8, 4) is 5.75 Å². The van der Waals surface area contributed by atoms with Crippen LogP contribution < -0.4 is 4.74 Å². The van der Waals surface area contributed by atoms with Crippen molar-refractivity contribution in [3.05, 3.63) is 46.2 Å². The van der Waals surface area contributed by atoms with Crippen LogP contribution in [0.25, 0.3) is 0 Å². The highest BCUT2D eigenvalue weighted by molar-refractivity contribution is 9.10. The van der Waals surface area contributed by atoms with E-state index in [2.05, 4.69) is 43.0 Å². The monoisotopic (exact) mass is 372 g/mol. The molecule has 1 aromatic heterocycles. The van der Waals surface area contributed by atoms with E-state index in [0.717, 1.165) is 27.5 Å². The number of hydrogen-bond acceptors (Lipinski definition) is 2. The van der Waals surface area contributed by atoms with Crippen molar-refractivity contribution >= 4 is 31.9 Å². The molecule has 0 amide bonds. The van der Waals surface area contributed by atoms with E-state index in [4.69, 9.17) is 4.74 Å². The lowest BCUT2D eigenvalue weighted by molar-refractivity contribution is 0.314. The van der Waals surface area contributed by atoms with E-state index in [9.17, 15) is 0 Å². The number of hydrogen-bond donors (Lipinski definition) is 0. The Labute approximate surface area is 123 Å². The molecule has 0 unspecified atom stereocenters. The predicted molar refractivity (Wildman–Crippen MR) is 79.2 cm³/mol. The average molecular weight is 374 g/mol. The van der Waals surface area contributed by atoms with Gasteiger partial charge in [0.2, 0.25) is 0 Å². The van der Waals surface area contributed by atoms with E-state index >= 15 is 0 Å². The van der Waals surface area contributed by atoms with Gasteiger partial charge in [0.15, 0.2) is 0 Å². The van der Waals surface area contributed by atoms with Crippen LogP contribution in [0.4, 0.5) is 0 Å². The van der Waals surface area contributed by atoms with Crippen LogP contribution in [-0.4, -0.2) is 16.4 Å².